The zero-order valence-corrected chi connectivity index (χ0v) is 11.4. The van der Waals surface area contributed by atoms with Gasteiger partial charge in [-0.05, 0) is 25.0 Å². The molecular formula is C15H15N3S. The van der Waals surface area contributed by atoms with Crippen molar-refractivity contribution in [3.05, 3.63) is 40.2 Å². The van der Waals surface area contributed by atoms with Crippen molar-refractivity contribution in [3.8, 4) is 17.3 Å². The normalized spacial score (nSPS) is 17.3. The molecule has 0 atom stereocenters. The van der Waals surface area contributed by atoms with Crippen LogP contribution in [0, 0.1) is 11.3 Å². The monoisotopic (exact) mass is 269 g/mol. The summed E-state index contributed by atoms with van der Waals surface area (Å²) in [6.45, 7) is 0. The highest BCUT2D eigenvalue weighted by Crippen LogP contribution is 2.38. The van der Waals surface area contributed by atoms with Crippen molar-refractivity contribution in [2.24, 2.45) is 5.73 Å². The van der Waals surface area contributed by atoms with Gasteiger partial charge in [0.05, 0.1) is 22.9 Å². The number of nitrogens with zero attached hydrogens (tertiary/aromatic N) is 2. The molecule has 1 aliphatic carbocycles. The summed E-state index contributed by atoms with van der Waals surface area (Å²) in [5.74, 6) is 0. The van der Waals surface area contributed by atoms with Gasteiger partial charge in [0.15, 0.2) is 0 Å². The van der Waals surface area contributed by atoms with Crippen LogP contribution in [0.4, 0.5) is 0 Å². The number of nitrogens with two attached hydrogens (primary N) is 1. The summed E-state index contributed by atoms with van der Waals surface area (Å²) in [4.78, 5) is 4.70. The van der Waals surface area contributed by atoms with E-state index in [0.717, 1.165) is 29.1 Å². The molecule has 0 radical (unpaired) electrons. The molecule has 2 aromatic rings. The first-order chi connectivity index (χ1) is 9.21. The molecule has 96 valence electrons. The summed E-state index contributed by atoms with van der Waals surface area (Å²) in [7, 11) is 0. The largest absolute Gasteiger partial charge is 0.319 e. The summed E-state index contributed by atoms with van der Waals surface area (Å²) in [5.41, 5.74) is 8.89. The van der Waals surface area contributed by atoms with Crippen LogP contribution >= 0.6 is 11.3 Å². The van der Waals surface area contributed by atoms with Gasteiger partial charge in [-0.15, -0.1) is 11.3 Å². The van der Waals surface area contributed by atoms with Gasteiger partial charge >= 0.3 is 0 Å². The summed E-state index contributed by atoms with van der Waals surface area (Å²) in [5, 5.41) is 11.9. The molecule has 0 bridgehead atoms. The second-order valence-corrected chi connectivity index (χ2v) is 5.95. The maximum absolute atomic E-state index is 8.80. The number of rotatable bonds is 2. The molecule has 1 saturated carbocycles. The van der Waals surface area contributed by atoms with Crippen LogP contribution < -0.4 is 5.73 Å². The SMILES string of the molecule is N#Cc1ccc(-c2csc(C3(N)CCCC3)n2)cc1. The van der Waals surface area contributed by atoms with Crippen LogP contribution in [0.15, 0.2) is 29.6 Å². The summed E-state index contributed by atoms with van der Waals surface area (Å²) in [6, 6.07) is 9.65. The van der Waals surface area contributed by atoms with Crippen molar-refractivity contribution < 1.29 is 0 Å². The van der Waals surface area contributed by atoms with E-state index >= 15 is 0 Å². The Labute approximate surface area is 116 Å². The van der Waals surface area contributed by atoms with Crippen molar-refractivity contribution in [1.29, 1.82) is 5.26 Å². The Balaban J connectivity index is 1.90. The first kappa shape index (κ1) is 12.3. The van der Waals surface area contributed by atoms with E-state index in [4.69, 9.17) is 16.0 Å². The Hall–Kier alpha value is -1.70. The van der Waals surface area contributed by atoms with Crippen molar-refractivity contribution >= 4 is 11.3 Å². The summed E-state index contributed by atoms with van der Waals surface area (Å²) >= 11 is 1.65. The third kappa shape index (κ3) is 2.27. The standard InChI is InChI=1S/C15H15N3S/c16-9-11-3-5-12(6-4-11)13-10-19-14(18-13)15(17)7-1-2-8-15/h3-6,10H,1-2,7-8,17H2. The lowest BCUT2D eigenvalue weighted by molar-refractivity contribution is 0.459. The fourth-order valence-electron chi connectivity index (χ4n) is 2.57. The average Bonchev–Trinajstić information content (AvgIpc) is 3.08. The van der Waals surface area contributed by atoms with Gasteiger partial charge in [-0.2, -0.15) is 5.26 Å². The Kier molecular flexibility index (Phi) is 3.09. The first-order valence-electron chi connectivity index (χ1n) is 6.47. The van der Waals surface area contributed by atoms with Gasteiger partial charge in [0.1, 0.15) is 5.01 Å². The molecule has 0 aliphatic heterocycles. The van der Waals surface area contributed by atoms with E-state index in [-0.39, 0.29) is 5.54 Å². The van der Waals surface area contributed by atoms with Crippen LogP contribution in [0.3, 0.4) is 0 Å². The molecular weight excluding hydrogens is 254 g/mol. The second kappa shape index (κ2) is 4.76. The highest BCUT2D eigenvalue weighted by molar-refractivity contribution is 7.10. The van der Waals surface area contributed by atoms with E-state index in [2.05, 4.69) is 11.4 Å². The van der Waals surface area contributed by atoms with Gasteiger partial charge in [-0.3, -0.25) is 0 Å². The molecule has 1 aromatic heterocycles. The number of aromatic nitrogens is 1. The van der Waals surface area contributed by atoms with Crippen LogP contribution in [0.5, 0.6) is 0 Å². The van der Waals surface area contributed by atoms with Crippen LogP contribution in [-0.2, 0) is 5.54 Å². The topological polar surface area (TPSA) is 62.7 Å². The lowest BCUT2D eigenvalue weighted by Crippen LogP contribution is -2.32. The number of nitriles is 1. The van der Waals surface area contributed by atoms with Gasteiger partial charge in [0, 0.05) is 10.9 Å². The zero-order valence-electron chi connectivity index (χ0n) is 10.6. The smallest absolute Gasteiger partial charge is 0.113 e. The molecule has 1 fully saturated rings. The lowest BCUT2D eigenvalue weighted by atomic mass is 10.0. The van der Waals surface area contributed by atoms with Gasteiger partial charge < -0.3 is 5.73 Å². The van der Waals surface area contributed by atoms with Crippen molar-refractivity contribution in [2.45, 2.75) is 31.2 Å². The molecule has 1 heterocycles. The minimum atomic E-state index is -0.213. The van der Waals surface area contributed by atoms with Crippen LogP contribution in [0.25, 0.3) is 11.3 Å². The van der Waals surface area contributed by atoms with Crippen molar-refractivity contribution in [1.82, 2.24) is 4.98 Å². The highest BCUT2D eigenvalue weighted by atomic mass is 32.1. The summed E-state index contributed by atoms with van der Waals surface area (Å²) < 4.78 is 0. The predicted octanol–water partition coefficient (Wildman–Crippen LogP) is 3.41. The molecule has 0 amide bonds. The molecule has 2 N–H and O–H groups in total. The molecule has 19 heavy (non-hydrogen) atoms. The minimum Gasteiger partial charge on any atom is -0.319 e. The molecule has 3 nitrogen and oxygen atoms in total. The van der Waals surface area contributed by atoms with Gasteiger partial charge in [0.25, 0.3) is 0 Å². The molecule has 0 saturated heterocycles. The van der Waals surface area contributed by atoms with Crippen LogP contribution in [-0.4, -0.2) is 4.98 Å². The molecule has 0 unspecified atom stereocenters. The molecule has 3 rings (SSSR count). The number of benzene rings is 1. The zero-order chi connectivity index (χ0) is 13.3. The summed E-state index contributed by atoms with van der Waals surface area (Å²) in [6.07, 6.45) is 4.46. The lowest BCUT2D eigenvalue weighted by Gasteiger charge is -2.19. The van der Waals surface area contributed by atoms with Gasteiger partial charge in [0.2, 0.25) is 0 Å². The Morgan fingerprint density at radius 2 is 1.89 bits per heavy atom. The molecule has 1 aromatic carbocycles. The van der Waals surface area contributed by atoms with Crippen molar-refractivity contribution in [2.75, 3.05) is 0 Å². The number of hydrogen-bond acceptors (Lipinski definition) is 4. The van der Waals surface area contributed by atoms with E-state index in [1.54, 1.807) is 11.3 Å². The van der Waals surface area contributed by atoms with E-state index in [0.29, 0.717) is 5.56 Å². The quantitative estimate of drug-likeness (QED) is 0.908. The third-order valence-electron chi connectivity index (χ3n) is 3.74. The fraction of sp³-hybridized carbons (Fsp3) is 0.333. The first-order valence-corrected chi connectivity index (χ1v) is 7.35. The maximum Gasteiger partial charge on any atom is 0.113 e. The van der Waals surface area contributed by atoms with E-state index < -0.39 is 0 Å². The van der Waals surface area contributed by atoms with Gasteiger partial charge in [-0.25, -0.2) is 4.98 Å². The van der Waals surface area contributed by atoms with E-state index in [9.17, 15) is 0 Å². The number of thiazole rings is 1. The van der Waals surface area contributed by atoms with E-state index in [1.165, 1.54) is 12.8 Å². The third-order valence-corrected chi connectivity index (χ3v) is 4.80. The molecule has 1 aliphatic rings. The Bertz CT molecular complexity index is 616. The van der Waals surface area contributed by atoms with Crippen LogP contribution in [0.2, 0.25) is 0 Å². The maximum atomic E-state index is 8.80. The molecule has 0 spiro atoms. The fourth-order valence-corrected chi connectivity index (χ4v) is 3.57. The number of hydrogen-bond donors (Lipinski definition) is 1. The predicted molar refractivity (Wildman–Crippen MR) is 76.6 cm³/mol. The van der Waals surface area contributed by atoms with Crippen LogP contribution in [0.1, 0.15) is 36.3 Å². The van der Waals surface area contributed by atoms with Gasteiger partial charge in [-0.1, -0.05) is 25.0 Å². The van der Waals surface area contributed by atoms with Crippen molar-refractivity contribution in [3.63, 3.8) is 0 Å². The second-order valence-electron chi connectivity index (χ2n) is 5.09. The highest BCUT2D eigenvalue weighted by Gasteiger charge is 2.34. The van der Waals surface area contributed by atoms with E-state index in [1.807, 2.05) is 24.3 Å². The average molecular weight is 269 g/mol. The minimum absolute atomic E-state index is 0.213. The Morgan fingerprint density at radius 1 is 1.21 bits per heavy atom. The molecule has 4 heteroatoms. The Morgan fingerprint density at radius 3 is 2.53 bits per heavy atom.